The molecular formula is C57H98O6. The molecule has 0 spiro atoms. The highest BCUT2D eigenvalue weighted by molar-refractivity contribution is 5.71. The highest BCUT2D eigenvalue weighted by atomic mass is 16.6. The Balaban J connectivity index is 4.15. The standard InChI is InChI=1S/C57H98O6/c1-4-7-10-13-16-18-20-22-23-24-25-26-27-28-29-30-31-32-33-35-36-38-41-44-47-50-56(59)62-53-54(52-61-55(58)49-46-43-40-15-12-9-6-3)63-57(60)51-48-45-42-39-37-34-21-19-17-14-11-8-5-2/h7,10-11,14,16,18-19,21-23,25-26,54H,4-6,8-9,12-13,15,17,20,24,27-53H2,1-3H3/b10-7-,14-11-,18-16-,21-19-,23-22-,26-25-. The molecule has 63 heavy (non-hydrogen) atoms. The molecule has 0 fully saturated rings. The Morgan fingerprint density at radius 1 is 0.333 bits per heavy atom. The molecule has 0 aromatic carbocycles. The van der Waals surface area contributed by atoms with Crippen molar-refractivity contribution in [3.63, 3.8) is 0 Å². The zero-order valence-corrected chi connectivity index (χ0v) is 41.3. The number of rotatable bonds is 47. The topological polar surface area (TPSA) is 78.9 Å². The van der Waals surface area contributed by atoms with Crippen molar-refractivity contribution < 1.29 is 28.6 Å². The largest absolute Gasteiger partial charge is 0.462 e. The molecule has 0 rings (SSSR count). The zero-order valence-electron chi connectivity index (χ0n) is 41.3. The van der Waals surface area contributed by atoms with E-state index in [1.54, 1.807) is 0 Å². The number of carbonyl (C=O) groups is 3. The van der Waals surface area contributed by atoms with Crippen molar-refractivity contribution >= 4 is 17.9 Å². The minimum Gasteiger partial charge on any atom is -0.462 e. The molecule has 6 nitrogen and oxygen atoms in total. The van der Waals surface area contributed by atoms with Gasteiger partial charge in [-0.25, -0.2) is 0 Å². The average molecular weight is 879 g/mol. The summed E-state index contributed by atoms with van der Waals surface area (Å²) in [6.45, 7) is 6.41. The highest BCUT2D eigenvalue weighted by Gasteiger charge is 2.19. The number of allylic oxidation sites excluding steroid dienone is 12. The molecule has 6 heteroatoms. The maximum absolute atomic E-state index is 12.7. The van der Waals surface area contributed by atoms with Crippen LogP contribution < -0.4 is 0 Å². The monoisotopic (exact) mass is 879 g/mol. The van der Waals surface area contributed by atoms with Crippen LogP contribution in [-0.2, 0) is 28.6 Å². The van der Waals surface area contributed by atoms with Crippen LogP contribution in [0.3, 0.4) is 0 Å². The highest BCUT2D eigenvalue weighted by Crippen LogP contribution is 2.15. The normalized spacial score (nSPS) is 12.6. The smallest absolute Gasteiger partial charge is 0.306 e. The van der Waals surface area contributed by atoms with Crippen LogP contribution in [0.5, 0.6) is 0 Å². The van der Waals surface area contributed by atoms with Crippen LogP contribution in [-0.4, -0.2) is 37.2 Å². The second-order valence-corrected chi connectivity index (χ2v) is 17.4. The molecule has 0 heterocycles. The molecule has 0 amide bonds. The predicted octanol–water partition coefficient (Wildman–Crippen LogP) is 17.4. The Morgan fingerprint density at radius 2 is 0.651 bits per heavy atom. The number of hydrogen-bond donors (Lipinski definition) is 0. The van der Waals surface area contributed by atoms with Gasteiger partial charge in [0, 0.05) is 19.3 Å². The summed E-state index contributed by atoms with van der Waals surface area (Å²) in [4.78, 5) is 37.8. The van der Waals surface area contributed by atoms with Gasteiger partial charge in [0.15, 0.2) is 6.10 Å². The van der Waals surface area contributed by atoms with E-state index in [0.717, 1.165) is 116 Å². The SMILES string of the molecule is CC/C=C\C/C=C\C/C=C\C/C=C\CCCCCCCCCCCCCCC(=O)OCC(COC(=O)CCCCCCCCC)OC(=O)CCCCCCC/C=C\C/C=C\CCC. The first-order valence-electron chi connectivity index (χ1n) is 26.4. The third-order valence-electron chi connectivity index (χ3n) is 11.2. The lowest BCUT2D eigenvalue weighted by Gasteiger charge is -2.18. The van der Waals surface area contributed by atoms with Crippen molar-refractivity contribution in [2.24, 2.45) is 0 Å². The molecule has 0 saturated carbocycles. The van der Waals surface area contributed by atoms with E-state index in [0.29, 0.717) is 19.3 Å². The Labute approximate surface area is 389 Å². The lowest BCUT2D eigenvalue weighted by molar-refractivity contribution is -0.167. The van der Waals surface area contributed by atoms with Crippen LogP contribution in [0.15, 0.2) is 72.9 Å². The molecule has 0 aliphatic carbocycles. The van der Waals surface area contributed by atoms with Gasteiger partial charge in [-0.1, -0.05) is 222 Å². The maximum atomic E-state index is 12.7. The molecule has 0 saturated heterocycles. The van der Waals surface area contributed by atoms with Crippen LogP contribution >= 0.6 is 0 Å². The number of esters is 3. The van der Waals surface area contributed by atoms with Crippen LogP contribution in [0.4, 0.5) is 0 Å². The predicted molar refractivity (Wildman–Crippen MR) is 270 cm³/mol. The van der Waals surface area contributed by atoms with Crippen molar-refractivity contribution in [3.05, 3.63) is 72.9 Å². The molecular weight excluding hydrogens is 781 g/mol. The molecule has 362 valence electrons. The third kappa shape index (κ3) is 49.7. The summed E-state index contributed by atoms with van der Waals surface area (Å²) >= 11 is 0. The van der Waals surface area contributed by atoms with Gasteiger partial charge in [0.25, 0.3) is 0 Å². The van der Waals surface area contributed by atoms with E-state index < -0.39 is 6.10 Å². The van der Waals surface area contributed by atoms with E-state index >= 15 is 0 Å². The molecule has 1 atom stereocenters. The summed E-state index contributed by atoms with van der Waals surface area (Å²) < 4.78 is 16.7. The average Bonchev–Trinajstić information content (AvgIpc) is 3.28. The Bertz CT molecular complexity index is 1190. The molecule has 0 aromatic rings. The molecule has 0 N–H and O–H groups in total. The second kappa shape index (κ2) is 51.5. The van der Waals surface area contributed by atoms with Crippen LogP contribution in [0.25, 0.3) is 0 Å². The zero-order chi connectivity index (χ0) is 45.8. The van der Waals surface area contributed by atoms with E-state index in [-0.39, 0.29) is 31.1 Å². The van der Waals surface area contributed by atoms with Crippen LogP contribution in [0.2, 0.25) is 0 Å². The Kier molecular flexibility index (Phi) is 48.9. The number of carbonyl (C=O) groups excluding carboxylic acids is 3. The van der Waals surface area contributed by atoms with Crippen molar-refractivity contribution in [2.75, 3.05) is 13.2 Å². The van der Waals surface area contributed by atoms with E-state index in [1.165, 1.54) is 96.3 Å². The van der Waals surface area contributed by atoms with Crippen LogP contribution in [0.1, 0.15) is 252 Å². The second-order valence-electron chi connectivity index (χ2n) is 17.4. The summed E-state index contributed by atoms with van der Waals surface area (Å²) in [6.07, 6.45) is 64.8. The van der Waals surface area contributed by atoms with Crippen molar-refractivity contribution in [1.29, 1.82) is 0 Å². The minimum absolute atomic E-state index is 0.0804. The summed E-state index contributed by atoms with van der Waals surface area (Å²) in [5.41, 5.74) is 0. The van der Waals surface area contributed by atoms with Crippen molar-refractivity contribution in [1.82, 2.24) is 0 Å². The molecule has 0 bridgehead atoms. The first kappa shape index (κ1) is 59.9. The number of hydrogen-bond acceptors (Lipinski definition) is 6. The summed E-state index contributed by atoms with van der Waals surface area (Å²) in [5.74, 6) is -0.902. The lowest BCUT2D eigenvalue weighted by Crippen LogP contribution is -2.30. The number of ether oxygens (including phenoxy) is 3. The quantitative estimate of drug-likeness (QED) is 0.0262. The van der Waals surface area contributed by atoms with Gasteiger partial charge in [-0.05, 0) is 83.5 Å². The van der Waals surface area contributed by atoms with Crippen LogP contribution in [0, 0.1) is 0 Å². The first-order valence-corrected chi connectivity index (χ1v) is 26.4. The third-order valence-corrected chi connectivity index (χ3v) is 11.2. The number of unbranched alkanes of at least 4 members (excludes halogenated alkanes) is 24. The first-order chi connectivity index (χ1) is 31.0. The summed E-state index contributed by atoms with van der Waals surface area (Å²) in [5, 5.41) is 0. The maximum Gasteiger partial charge on any atom is 0.306 e. The lowest BCUT2D eigenvalue weighted by atomic mass is 10.0. The fraction of sp³-hybridized carbons (Fsp3) is 0.737. The summed E-state index contributed by atoms with van der Waals surface area (Å²) in [7, 11) is 0. The van der Waals surface area contributed by atoms with Gasteiger partial charge >= 0.3 is 17.9 Å². The van der Waals surface area contributed by atoms with E-state index in [4.69, 9.17) is 14.2 Å². The molecule has 1 unspecified atom stereocenters. The van der Waals surface area contributed by atoms with E-state index in [9.17, 15) is 14.4 Å². The molecule has 0 aliphatic heterocycles. The molecule has 0 aliphatic rings. The van der Waals surface area contributed by atoms with Crippen molar-refractivity contribution in [2.45, 2.75) is 258 Å². The minimum atomic E-state index is -0.779. The fourth-order valence-electron chi connectivity index (χ4n) is 7.24. The molecule has 0 radical (unpaired) electrons. The molecule has 0 aromatic heterocycles. The van der Waals surface area contributed by atoms with Gasteiger partial charge in [-0.15, -0.1) is 0 Å². The van der Waals surface area contributed by atoms with Crippen molar-refractivity contribution in [3.8, 4) is 0 Å². The van der Waals surface area contributed by atoms with Gasteiger partial charge in [-0.3, -0.25) is 14.4 Å². The summed E-state index contributed by atoms with van der Waals surface area (Å²) in [6, 6.07) is 0. The van der Waals surface area contributed by atoms with Gasteiger partial charge in [0.05, 0.1) is 0 Å². The Hall–Kier alpha value is -3.15. The van der Waals surface area contributed by atoms with Gasteiger partial charge < -0.3 is 14.2 Å². The Morgan fingerprint density at radius 3 is 1.03 bits per heavy atom. The van der Waals surface area contributed by atoms with E-state index in [1.807, 2.05) is 0 Å². The van der Waals surface area contributed by atoms with E-state index in [2.05, 4.69) is 93.7 Å². The fourth-order valence-corrected chi connectivity index (χ4v) is 7.24. The van der Waals surface area contributed by atoms with Gasteiger partial charge in [-0.2, -0.15) is 0 Å². The van der Waals surface area contributed by atoms with Gasteiger partial charge in [0.1, 0.15) is 13.2 Å². The van der Waals surface area contributed by atoms with Gasteiger partial charge in [0.2, 0.25) is 0 Å².